The number of nitrogens with zero attached hydrogens (tertiary/aromatic N) is 5. The lowest BCUT2D eigenvalue weighted by molar-refractivity contribution is -0.134. The summed E-state index contributed by atoms with van der Waals surface area (Å²) >= 11 is 0. The number of hydrogen-bond acceptors (Lipinski definition) is 6. The Labute approximate surface area is 110 Å². The molecule has 1 aromatic heterocycles. The van der Waals surface area contributed by atoms with Gasteiger partial charge in [-0.3, -0.25) is 24.6 Å². The van der Waals surface area contributed by atoms with Gasteiger partial charge in [0.25, 0.3) is 5.91 Å². The van der Waals surface area contributed by atoms with Crippen molar-refractivity contribution in [2.24, 2.45) is 5.84 Å². The molecule has 2 amide bonds. The molecule has 9 heteroatoms. The highest BCUT2D eigenvalue weighted by atomic mass is 16.2. The maximum Gasteiger partial charge on any atom is 0.287 e. The van der Waals surface area contributed by atoms with Gasteiger partial charge in [0.1, 0.15) is 0 Å². The van der Waals surface area contributed by atoms with Gasteiger partial charge in [-0.25, -0.2) is 5.84 Å². The summed E-state index contributed by atoms with van der Waals surface area (Å²) in [6.07, 6.45) is 1.53. The number of aromatic nitrogens is 3. The van der Waals surface area contributed by atoms with E-state index in [2.05, 4.69) is 10.3 Å². The number of amides is 2. The summed E-state index contributed by atoms with van der Waals surface area (Å²) < 4.78 is 1.56. The lowest BCUT2D eigenvalue weighted by Gasteiger charge is -2.31. The molecule has 0 atom stereocenters. The minimum atomic E-state index is -0.471. The van der Waals surface area contributed by atoms with E-state index in [1.54, 1.807) is 16.6 Å². The largest absolute Gasteiger partial charge is 0.343 e. The van der Waals surface area contributed by atoms with Crippen LogP contribution in [0.1, 0.15) is 10.5 Å². The maximum absolute atomic E-state index is 11.5. The number of nitrogen functional groups attached to an aromatic ring is 1. The molecule has 1 aliphatic heterocycles. The number of likely N-dealkylation sites (N-methyl/N-ethyl adjacent to an activating group) is 1. The molecule has 0 aliphatic carbocycles. The van der Waals surface area contributed by atoms with Crippen LogP contribution in [0.5, 0.6) is 0 Å². The van der Waals surface area contributed by atoms with Gasteiger partial charge in [0, 0.05) is 26.7 Å². The fourth-order valence-electron chi connectivity index (χ4n) is 1.83. The minimum Gasteiger partial charge on any atom is -0.343 e. The highest BCUT2D eigenvalue weighted by molar-refractivity contribution is 5.91. The third-order valence-electron chi connectivity index (χ3n) is 3.08. The number of hydrazine groups is 1. The summed E-state index contributed by atoms with van der Waals surface area (Å²) in [6, 6.07) is 0. The van der Waals surface area contributed by atoms with Gasteiger partial charge in [-0.2, -0.15) is 0 Å². The predicted molar refractivity (Wildman–Crippen MR) is 65.8 cm³/mol. The van der Waals surface area contributed by atoms with Gasteiger partial charge >= 0.3 is 0 Å². The van der Waals surface area contributed by atoms with Gasteiger partial charge in [-0.15, -0.1) is 5.10 Å². The van der Waals surface area contributed by atoms with Crippen LogP contribution in [0.2, 0.25) is 0 Å². The molecule has 0 spiro atoms. The fourth-order valence-corrected chi connectivity index (χ4v) is 1.83. The highest BCUT2D eigenvalue weighted by Gasteiger charge is 2.20. The van der Waals surface area contributed by atoms with Crippen molar-refractivity contribution in [3.63, 3.8) is 0 Å². The summed E-state index contributed by atoms with van der Waals surface area (Å²) in [5.41, 5.74) is 2.17. The molecule has 0 radical (unpaired) electrons. The van der Waals surface area contributed by atoms with Crippen LogP contribution in [0.4, 0.5) is 0 Å². The van der Waals surface area contributed by atoms with E-state index >= 15 is 0 Å². The number of nitrogens with two attached hydrogens (primary N) is 1. The quantitative estimate of drug-likeness (QED) is 0.359. The molecule has 1 fully saturated rings. The van der Waals surface area contributed by atoms with Gasteiger partial charge in [0.15, 0.2) is 5.69 Å². The molecular weight excluding hydrogens is 250 g/mol. The Bertz CT molecular complexity index is 472. The van der Waals surface area contributed by atoms with E-state index in [9.17, 15) is 9.59 Å². The van der Waals surface area contributed by atoms with Crippen molar-refractivity contribution in [2.45, 2.75) is 6.54 Å². The third-order valence-corrected chi connectivity index (χ3v) is 3.08. The Morgan fingerprint density at radius 3 is 2.95 bits per heavy atom. The van der Waals surface area contributed by atoms with Crippen LogP contribution in [-0.2, 0) is 11.3 Å². The molecule has 0 saturated carbocycles. The number of rotatable bonds is 4. The lowest BCUT2D eigenvalue weighted by atomic mass is 10.3. The summed E-state index contributed by atoms with van der Waals surface area (Å²) in [6.45, 7) is 3.25. The third kappa shape index (κ3) is 3.26. The Balaban J connectivity index is 1.84. The molecule has 3 N–H and O–H groups in total. The Kier molecular flexibility index (Phi) is 4.07. The number of carbonyl (C=O) groups is 2. The first-order chi connectivity index (χ1) is 9.10. The molecule has 0 aromatic carbocycles. The first-order valence-electron chi connectivity index (χ1n) is 5.97. The van der Waals surface area contributed by atoms with Gasteiger partial charge in [0.2, 0.25) is 5.91 Å². The molecule has 1 aromatic rings. The average Bonchev–Trinajstić information content (AvgIpc) is 2.88. The zero-order valence-corrected chi connectivity index (χ0v) is 10.7. The normalized spacial score (nSPS) is 16.7. The van der Waals surface area contributed by atoms with E-state index in [1.165, 1.54) is 6.20 Å². The van der Waals surface area contributed by atoms with Gasteiger partial charge in [-0.05, 0) is 0 Å². The van der Waals surface area contributed by atoms with Gasteiger partial charge in [0.05, 0.1) is 19.3 Å². The zero-order valence-electron chi connectivity index (χ0n) is 10.7. The predicted octanol–water partition coefficient (Wildman–Crippen LogP) is -2.34. The number of carbonyl (C=O) groups excluding carboxylic acids is 2. The van der Waals surface area contributed by atoms with Crippen molar-refractivity contribution in [1.29, 1.82) is 0 Å². The minimum absolute atomic E-state index is 0.119. The summed E-state index contributed by atoms with van der Waals surface area (Å²) in [4.78, 5) is 26.5. The van der Waals surface area contributed by atoms with Crippen LogP contribution in [-0.4, -0.2) is 69.8 Å². The van der Waals surface area contributed by atoms with Crippen molar-refractivity contribution < 1.29 is 9.59 Å². The smallest absolute Gasteiger partial charge is 0.287 e. The summed E-state index contributed by atoms with van der Waals surface area (Å²) in [5.74, 6) is 4.65. The summed E-state index contributed by atoms with van der Waals surface area (Å²) in [5, 5.41) is 7.54. The topological polar surface area (TPSA) is 109 Å². The Morgan fingerprint density at radius 2 is 2.26 bits per heavy atom. The van der Waals surface area contributed by atoms with Crippen LogP contribution in [0.15, 0.2) is 6.20 Å². The van der Waals surface area contributed by atoms with Crippen LogP contribution < -0.4 is 11.3 Å². The average molecular weight is 267 g/mol. The first-order valence-corrected chi connectivity index (χ1v) is 5.97. The zero-order chi connectivity index (χ0) is 13.8. The molecule has 104 valence electrons. The van der Waals surface area contributed by atoms with Crippen LogP contribution in [0, 0.1) is 0 Å². The van der Waals surface area contributed by atoms with Crippen LogP contribution >= 0.6 is 0 Å². The van der Waals surface area contributed by atoms with E-state index < -0.39 is 5.91 Å². The van der Waals surface area contributed by atoms with Crippen molar-refractivity contribution in [3.05, 3.63) is 11.9 Å². The Hall–Kier alpha value is -2.00. The van der Waals surface area contributed by atoms with Crippen LogP contribution in [0.3, 0.4) is 0 Å². The van der Waals surface area contributed by atoms with Crippen molar-refractivity contribution >= 4 is 11.8 Å². The van der Waals surface area contributed by atoms with E-state index in [1.807, 2.05) is 10.3 Å². The van der Waals surface area contributed by atoms with E-state index in [-0.39, 0.29) is 11.6 Å². The second-order valence-electron chi connectivity index (χ2n) is 4.43. The van der Waals surface area contributed by atoms with E-state index in [0.29, 0.717) is 19.6 Å². The molecule has 0 bridgehead atoms. The summed E-state index contributed by atoms with van der Waals surface area (Å²) in [7, 11) is 1.80. The molecule has 1 aliphatic rings. The van der Waals surface area contributed by atoms with E-state index in [0.717, 1.165) is 13.1 Å². The molecule has 2 heterocycles. The molecule has 9 nitrogen and oxygen atoms in total. The molecular formula is C10H17N7O2. The van der Waals surface area contributed by atoms with Crippen molar-refractivity contribution in [3.8, 4) is 0 Å². The Morgan fingerprint density at radius 1 is 1.47 bits per heavy atom. The second-order valence-corrected chi connectivity index (χ2v) is 4.43. The second kappa shape index (κ2) is 5.76. The standard InChI is InChI=1S/C10H17N7O2/c1-15-2-3-16(7-9(15)18)4-5-17-6-8(13-14-17)10(19)12-11/h6H,2-5,7,11H2,1H3,(H,12,19). The number of nitrogens with one attached hydrogen (secondary N) is 1. The van der Waals surface area contributed by atoms with Crippen molar-refractivity contribution in [1.82, 2.24) is 30.2 Å². The SMILES string of the molecule is CN1CCN(CCn2cc(C(=O)NN)nn2)CC1=O. The monoisotopic (exact) mass is 267 g/mol. The fraction of sp³-hybridized carbons (Fsp3) is 0.600. The molecule has 19 heavy (non-hydrogen) atoms. The maximum atomic E-state index is 11.5. The van der Waals surface area contributed by atoms with Crippen molar-refractivity contribution in [2.75, 3.05) is 33.2 Å². The lowest BCUT2D eigenvalue weighted by Crippen LogP contribution is -2.49. The number of hydrogen-bond donors (Lipinski definition) is 2. The van der Waals surface area contributed by atoms with Gasteiger partial charge < -0.3 is 4.90 Å². The highest BCUT2D eigenvalue weighted by Crippen LogP contribution is 2.01. The van der Waals surface area contributed by atoms with E-state index in [4.69, 9.17) is 5.84 Å². The van der Waals surface area contributed by atoms with Crippen LogP contribution in [0.25, 0.3) is 0 Å². The first kappa shape index (κ1) is 13.4. The molecule has 0 unspecified atom stereocenters. The van der Waals surface area contributed by atoms with Gasteiger partial charge in [-0.1, -0.05) is 5.21 Å². The number of piperazine rings is 1. The molecule has 2 rings (SSSR count). The molecule has 1 saturated heterocycles.